The number of carbonyl (C=O) groups is 2. The number of hydrogen-bond donors (Lipinski definition) is 2. The van der Waals surface area contributed by atoms with E-state index in [1.165, 1.54) is 0 Å². The van der Waals surface area contributed by atoms with Gasteiger partial charge >= 0.3 is 5.97 Å². The minimum Gasteiger partial charge on any atom is -0.506 e. The molecule has 5 nitrogen and oxygen atoms in total. The number of aryl methyl sites for hydroxylation is 1. The highest BCUT2D eigenvalue weighted by molar-refractivity contribution is 6.38. The summed E-state index contributed by atoms with van der Waals surface area (Å²) in [5.74, 6) is -3.11. The van der Waals surface area contributed by atoms with E-state index in [0.717, 1.165) is 10.9 Å². The summed E-state index contributed by atoms with van der Waals surface area (Å²) in [5.41, 5.74) is 1.28. The van der Waals surface area contributed by atoms with Gasteiger partial charge in [0, 0.05) is 24.0 Å². The molecule has 0 unspecified atom stereocenters. The van der Waals surface area contributed by atoms with E-state index in [9.17, 15) is 14.7 Å². The van der Waals surface area contributed by atoms with E-state index in [0.29, 0.717) is 11.8 Å². The zero-order valence-corrected chi connectivity index (χ0v) is 9.62. The summed E-state index contributed by atoms with van der Waals surface area (Å²) < 4.78 is 1.69. The fraction of sp³-hybridized carbons (Fsp3) is 0.0769. The van der Waals surface area contributed by atoms with E-state index >= 15 is 0 Å². The van der Waals surface area contributed by atoms with Gasteiger partial charge in [-0.05, 0) is 12.1 Å². The van der Waals surface area contributed by atoms with E-state index in [1.54, 1.807) is 17.7 Å². The van der Waals surface area contributed by atoms with Crippen LogP contribution < -0.4 is 0 Å². The number of aliphatic carboxylic acids is 1. The van der Waals surface area contributed by atoms with Crippen molar-refractivity contribution < 1.29 is 19.8 Å². The topological polar surface area (TPSA) is 79.5 Å². The molecular weight excluding hydrogens is 234 g/mol. The SMILES string of the molecule is Cn1c(C(O)=CC(=O)C(=O)O)cc2ccccc21. The van der Waals surface area contributed by atoms with Crippen LogP contribution in [0.25, 0.3) is 16.7 Å². The molecule has 0 saturated heterocycles. The van der Waals surface area contributed by atoms with E-state index in [-0.39, 0.29) is 5.76 Å². The number of aliphatic hydroxyl groups excluding tert-OH is 1. The second-order valence-electron chi connectivity index (χ2n) is 3.85. The first kappa shape index (κ1) is 11.9. The van der Waals surface area contributed by atoms with Gasteiger partial charge in [0.2, 0.25) is 0 Å². The summed E-state index contributed by atoms with van der Waals surface area (Å²) in [4.78, 5) is 21.4. The van der Waals surface area contributed by atoms with Crippen molar-refractivity contribution in [2.45, 2.75) is 0 Å². The minimum absolute atomic E-state index is 0.360. The largest absolute Gasteiger partial charge is 0.506 e. The first-order chi connectivity index (χ1) is 8.50. The number of carboxylic acids is 1. The molecule has 2 aromatic rings. The molecule has 0 aliphatic rings. The predicted molar refractivity (Wildman–Crippen MR) is 66.2 cm³/mol. The van der Waals surface area contributed by atoms with E-state index in [4.69, 9.17) is 5.11 Å². The number of carboxylic acid groups (broad SMARTS) is 1. The summed E-state index contributed by atoms with van der Waals surface area (Å²) in [6, 6.07) is 9.14. The van der Waals surface area contributed by atoms with Gasteiger partial charge in [-0.25, -0.2) is 4.79 Å². The summed E-state index contributed by atoms with van der Waals surface area (Å²) in [6.45, 7) is 0. The maximum atomic E-state index is 11.0. The number of carbonyl (C=O) groups excluding carboxylic acids is 1. The van der Waals surface area contributed by atoms with Gasteiger partial charge in [-0.15, -0.1) is 0 Å². The Hall–Kier alpha value is -2.56. The van der Waals surface area contributed by atoms with Crippen molar-refractivity contribution in [3.8, 4) is 0 Å². The molecule has 1 aromatic carbocycles. The molecule has 0 fully saturated rings. The molecule has 0 aliphatic heterocycles. The summed E-state index contributed by atoms with van der Waals surface area (Å²) in [7, 11) is 1.73. The van der Waals surface area contributed by atoms with Crippen LogP contribution >= 0.6 is 0 Å². The molecule has 1 heterocycles. The Balaban J connectivity index is 2.51. The lowest BCUT2D eigenvalue weighted by molar-refractivity contribution is -0.146. The highest BCUT2D eigenvalue weighted by atomic mass is 16.4. The van der Waals surface area contributed by atoms with Crippen LogP contribution in [0.4, 0.5) is 0 Å². The van der Waals surface area contributed by atoms with Crippen molar-refractivity contribution in [2.24, 2.45) is 7.05 Å². The zero-order valence-electron chi connectivity index (χ0n) is 9.62. The molecule has 0 spiro atoms. The lowest BCUT2D eigenvalue weighted by Crippen LogP contribution is -2.10. The molecule has 0 aliphatic carbocycles. The normalized spacial score (nSPS) is 11.7. The predicted octanol–water partition coefficient (Wildman–Crippen LogP) is 1.73. The van der Waals surface area contributed by atoms with Gasteiger partial charge in [-0.1, -0.05) is 18.2 Å². The number of aliphatic hydroxyl groups is 1. The number of ketones is 1. The van der Waals surface area contributed by atoms with Gasteiger partial charge in [-0.3, -0.25) is 4.79 Å². The smallest absolute Gasteiger partial charge is 0.376 e. The van der Waals surface area contributed by atoms with Crippen molar-refractivity contribution in [1.82, 2.24) is 4.57 Å². The summed E-state index contributed by atoms with van der Waals surface area (Å²) in [5, 5.41) is 19.2. The third-order valence-corrected chi connectivity index (χ3v) is 2.69. The van der Waals surface area contributed by atoms with Crippen molar-refractivity contribution in [2.75, 3.05) is 0 Å². The molecule has 2 N–H and O–H groups in total. The fourth-order valence-electron chi connectivity index (χ4n) is 1.79. The molecule has 0 atom stereocenters. The number of benzene rings is 1. The number of aromatic nitrogens is 1. The van der Waals surface area contributed by atoms with Crippen LogP contribution in [0, 0.1) is 0 Å². The Morgan fingerprint density at radius 1 is 1.22 bits per heavy atom. The van der Waals surface area contributed by atoms with E-state index < -0.39 is 11.8 Å². The van der Waals surface area contributed by atoms with Crippen LogP contribution in [-0.2, 0) is 16.6 Å². The lowest BCUT2D eigenvalue weighted by atomic mass is 10.2. The van der Waals surface area contributed by atoms with E-state index in [2.05, 4.69) is 0 Å². The monoisotopic (exact) mass is 245 g/mol. The molecule has 92 valence electrons. The number of nitrogens with zero attached hydrogens (tertiary/aromatic N) is 1. The third kappa shape index (κ3) is 1.98. The first-order valence-electron chi connectivity index (χ1n) is 5.23. The molecule has 0 bridgehead atoms. The number of rotatable bonds is 3. The molecule has 1 aromatic heterocycles. The second kappa shape index (κ2) is 4.37. The maximum Gasteiger partial charge on any atom is 0.376 e. The molecule has 0 amide bonds. The molecular formula is C13H11NO4. The van der Waals surface area contributed by atoms with Gasteiger partial charge in [0.15, 0.2) is 0 Å². The lowest BCUT2D eigenvalue weighted by Gasteiger charge is -2.02. The number of hydrogen-bond acceptors (Lipinski definition) is 3. The van der Waals surface area contributed by atoms with Crippen LogP contribution in [0.1, 0.15) is 5.69 Å². The summed E-state index contributed by atoms with van der Waals surface area (Å²) >= 11 is 0. The maximum absolute atomic E-state index is 11.0. The quantitative estimate of drug-likeness (QED) is 0.490. The van der Waals surface area contributed by atoms with Crippen molar-refractivity contribution in [3.05, 3.63) is 42.1 Å². The summed E-state index contributed by atoms with van der Waals surface area (Å²) in [6.07, 6.45) is 0.705. The number of para-hydroxylation sites is 1. The van der Waals surface area contributed by atoms with Crippen LogP contribution in [-0.4, -0.2) is 26.5 Å². The fourth-order valence-corrected chi connectivity index (χ4v) is 1.79. The Bertz CT molecular complexity index is 667. The highest BCUT2D eigenvalue weighted by Gasteiger charge is 2.13. The molecule has 5 heteroatoms. The zero-order chi connectivity index (χ0) is 13.3. The standard InChI is InChI=1S/C13H11NO4/c1-14-9-5-3-2-4-8(9)6-10(14)11(15)7-12(16)13(17)18/h2-7,15H,1H3,(H,17,18). The Morgan fingerprint density at radius 3 is 2.50 bits per heavy atom. The van der Waals surface area contributed by atoms with Crippen LogP contribution in [0.15, 0.2) is 36.4 Å². The van der Waals surface area contributed by atoms with Gasteiger partial charge < -0.3 is 14.8 Å². The van der Waals surface area contributed by atoms with E-state index in [1.807, 2.05) is 24.3 Å². The van der Waals surface area contributed by atoms with Gasteiger partial charge in [0.25, 0.3) is 5.78 Å². The average Bonchev–Trinajstić information content (AvgIpc) is 2.67. The molecule has 0 saturated carbocycles. The Morgan fingerprint density at radius 2 is 1.89 bits per heavy atom. The van der Waals surface area contributed by atoms with Crippen LogP contribution in [0.5, 0.6) is 0 Å². The Labute approximate surface area is 103 Å². The highest BCUT2D eigenvalue weighted by Crippen LogP contribution is 2.22. The average molecular weight is 245 g/mol. The molecule has 0 radical (unpaired) electrons. The third-order valence-electron chi connectivity index (χ3n) is 2.69. The van der Waals surface area contributed by atoms with Gasteiger partial charge in [0.05, 0.1) is 5.69 Å². The molecule has 2 rings (SSSR count). The number of fused-ring (bicyclic) bond motifs is 1. The van der Waals surface area contributed by atoms with Crippen molar-refractivity contribution in [3.63, 3.8) is 0 Å². The second-order valence-corrected chi connectivity index (χ2v) is 3.85. The van der Waals surface area contributed by atoms with Gasteiger partial charge in [-0.2, -0.15) is 0 Å². The van der Waals surface area contributed by atoms with Crippen LogP contribution in [0.2, 0.25) is 0 Å². The van der Waals surface area contributed by atoms with Crippen molar-refractivity contribution >= 4 is 28.4 Å². The Kier molecular flexibility index (Phi) is 2.89. The van der Waals surface area contributed by atoms with Crippen molar-refractivity contribution in [1.29, 1.82) is 0 Å². The van der Waals surface area contributed by atoms with Gasteiger partial charge in [0.1, 0.15) is 5.76 Å². The first-order valence-corrected chi connectivity index (χ1v) is 5.23. The minimum atomic E-state index is -1.60. The van der Waals surface area contributed by atoms with Crippen LogP contribution in [0.3, 0.4) is 0 Å². The molecule has 18 heavy (non-hydrogen) atoms.